The molecule has 0 aromatic heterocycles. The summed E-state index contributed by atoms with van der Waals surface area (Å²) in [6, 6.07) is 6.76. The molecular weight excluding hydrogens is 288 g/mol. The van der Waals surface area contributed by atoms with Crippen LogP contribution in [0.15, 0.2) is 24.3 Å². The van der Waals surface area contributed by atoms with E-state index < -0.39 is 10.0 Å². The van der Waals surface area contributed by atoms with Gasteiger partial charge in [-0.05, 0) is 30.7 Å². The summed E-state index contributed by atoms with van der Waals surface area (Å²) in [7, 11) is -3.30. The van der Waals surface area contributed by atoms with E-state index in [0.717, 1.165) is 6.42 Å². The highest BCUT2D eigenvalue weighted by molar-refractivity contribution is 7.92. The molecule has 2 N–H and O–H groups in total. The second-order valence-corrected chi connectivity index (χ2v) is 7.15. The Kier molecular flexibility index (Phi) is 6.84. The number of rotatable bonds is 9. The minimum atomic E-state index is -3.30. The quantitative estimate of drug-likeness (QED) is 0.687. The molecule has 0 fully saturated rings. The Balaban J connectivity index is 2.63. The SMILES string of the molecule is CCCCS(=O)(=O)Nc1ccc(C(=O)CNC(C)C)cc1. The average Bonchev–Trinajstić information content (AvgIpc) is 2.43. The third-order valence-electron chi connectivity index (χ3n) is 2.92. The average molecular weight is 312 g/mol. The van der Waals surface area contributed by atoms with Crippen molar-refractivity contribution in [1.82, 2.24) is 5.32 Å². The van der Waals surface area contributed by atoms with Gasteiger partial charge in [-0.15, -0.1) is 0 Å². The van der Waals surface area contributed by atoms with E-state index in [1.54, 1.807) is 24.3 Å². The Bertz CT molecular complexity index is 551. The molecule has 0 aliphatic carbocycles. The number of unbranched alkanes of at least 4 members (excludes halogenated alkanes) is 1. The van der Waals surface area contributed by atoms with E-state index in [2.05, 4.69) is 10.0 Å². The van der Waals surface area contributed by atoms with Gasteiger partial charge in [0.2, 0.25) is 10.0 Å². The summed E-state index contributed by atoms with van der Waals surface area (Å²) >= 11 is 0. The van der Waals surface area contributed by atoms with E-state index in [9.17, 15) is 13.2 Å². The number of benzene rings is 1. The van der Waals surface area contributed by atoms with Gasteiger partial charge in [0, 0.05) is 17.3 Å². The predicted octanol–water partition coefficient (Wildman–Crippen LogP) is 2.41. The van der Waals surface area contributed by atoms with E-state index in [0.29, 0.717) is 17.7 Å². The summed E-state index contributed by atoms with van der Waals surface area (Å²) in [6.07, 6.45) is 1.46. The summed E-state index contributed by atoms with van der Waals surface area (Å²) in [6.45, 7) is 6.17. The second kappa shape index (κ2) is 8.14. The number of carbonyl (C=O) groups excluding carboxylic acids is 1. The zero-order valence-electron chi connectivity index (χ0n) is 12.8. The molecule has 0 saturated heterocycles. The number of carbonyl (C=O) groups is 1. The summed E-state index contributed by atoms with van der Waals surface area (Å²) in [5.74, 6) is 0.103. The van der Waals surface area contributed by atoms with Gasteiger partial charge in [-0.25, -0.2) is 8.42 Å². The van der Waals surface area contributed by atoms with Crippen LogP contribution in [0.2, 0.25) is 0 Å². The number of anilines is 1. The highest BCUT2D eigenvalue weighted by Crippen LogP contribution is 2.12. The summed E-state index contributed by atoms with van der Waals surface area (Å²) in [5, 5.41) is 3.06. The van der Waals surface area contributed by atoms with Crippen LogP contribution in [-0.4, -0.2) is 32.5 Å². The molecule has 0 unspecified atom stereocenters. The zero-order valence-corrected chi connectivity index (χ0v) is 13.7. The largest absolute Gasteiger partial charge is 0.307 e. The van der Waals surface area contributed by atoms with Gasteiger partial charge in [0.25, 0.3) is 0 Å². The molecule has 5 nitrogen and oxygen atoms in total. The fourth-order valence-corrected chi connectivity index (χ4v) is 2.95. The van der Waals surface area contributed by atoms with Crippen LogP contribution in [0.25, 0.3) is 0 Å². The van der Waals surface area contributed by atoms with E-state index in [4.69, 9.17) is 0 Å². The Morgan fingerprint density at radius 2 is 1.81 bits per heavy atom. The van der Waals surface area contributed by atoms with Crippen molar-refractivity contribution in [3.63, 3.8) is 0 Å². The Morgan fingerprint density at radius 3 is 2.33 bits per heavy atom. The standard InChI is InChI=1S/C15H24N2O3S/c1-4-5-10-21(19,20)17-14-8-6-13(7-9-14)15(18)11-16-12(2)3/h6-9,12,16-17H,4-5,10-11H2,1-3H3. The number of nitrogens with one attached hydrogen (secondary N) is 2. The Morgan fingerprint density at radius 1 is 1.19 bits per heavy atom. The molecule has 0 aliphatic rings. The summed E-state index contributed by atoms with van der Waals surface area (Å²) < 4.78 is 26.0. The van der Waals surface area contributed by atoms with Gasteiger partial charge in [0.15, 0.2) is 5.78 Å². The smallest absolute Gasteiger partial charge is 0.232 e. The van der Waals surface area contributed by atoms with Crippen LogP contribution in [0.1, 0.15) is 44.0 Å². The van der Waals surface area contributed by atoms with Gasteiger partial charge in [-0.3, -0.25) is 9.52 Å². The van der Waals surface area contributed by atoms with E-state index in [1.807, 2.05) is 20.8 Å². The topological polar surface area (TPSA) is 75.3 Å². The molecule has 0 spiro atoms. The molecular formula is C15H24N2O3S. The molecule has 1 aromatic carbocycles. The Hall–Kier alpha value is -1.40. The maximum Gasteiger partial charge on any atom is 0.232 e. The maximum atomic E-state index is 11.9. The van der Waals surface area contributed by atoms with Crippen molar-refractivity contribution in [2.75, 3.05) is 17.0 Å². The first-order valence-corrected chi connectivity index (χ1v) is 8.86. The van der Waals surface area contributed by atoms with Crippen molar-refractivity contribution >= 4 is 21.5 Å². The first kappa shape index (κ1) is 17.7. The van der Waals surface area contributed by atoms with Crippen molar-refractivity contribution in [2.45, 2.75) is 39.7 Å². The lowest BCUT2D eigenvalue weighted by molar-refractivity contribution is 0.0988. The summed E-state index contributed by atoms with van der Waals surface area (Å²) in [4.78, 5) is 11.9. The van der Waals surface area contributed by atoms with E-state index in [1.165, 1.54) is 0 Å². The molecule has 21 heavy (non-hydrogen) atoms. The van der Waals surface area contributed by atoms with E-state index in [-0.39, 0.29) is 24.1 Å². The van der Waals surface area contributed by atoms with Crippen molar-refractivity contribution < 1.29 is 13.2 Å². The number of ketones is 1. The second-order valence-electron chi connectivity index (χ2n) is 5.31. The van der Waals surface area contributed by atoms with Crippen molar-refractivity contribution in [1.29, 1.82) is 0 Å². The predicted molar refractivity (Wildman–Crippen MR) is 86.2 cm³/mol. The molecule has 0 atom stereocenters. The normalized spacial score (nSPS) is 11.6. The van der Waals surface area contributed by atoms with Crippen LogP contribution in [0, 0.1) is 0 Å². The minimum absolute atomic E-state index is 0.0101. The van der Waals surface area contributed by atoms with Crippen molar-refractivity contribution in [3.05, 3.63) is 29.8 Å². The van der Waals surface area contributed by atoms with Gasteiger partial charge in [0.1, 0.15) is 0 Å². The van der Waals surface area contributed by atoms with Crippen LogP contribution in [0.4, 0.5) is 5.69 Å². The molecule has 1 aromatic rings. The molecule has 0 amide bonds. The van der Waals surface area contributed by atoms with Gasteiger partial charge in [-0.2, -0.15) is 0 Å². The third kappa shape index (κ3) is 6.73. The zero-order chi connectivity index (χ0) is 15.9. The van der Waals surface area contributed by atoms with Crippen LogP contribution >= 0.6 is 0 Å². The molecule has 0 radical (unpaired) electrons. The highest BCUT2D eigenvalue weighted by atomic mass is 32.2. The lowest BCUT2D eigenvalue weighted by Crippen LogP contribution is -2.29. The molecule has 118 valence electrons. The minimum Gasteiger partial charge on any atom is -0.307 e. The van der Waals surface area contributed by atoms with E-state index >= 15 is 0 Å². The molecule has 0 saturated carbocycles. The third-order valence-corrected chi connectivity index (χ3v) is 4.29. The number of Topliss-reactive ketones (excluding diaryl/α,β-unsaturated/α-hetero) is 1. The van der Waals surface area contributed by atoms with Gasteiger partial charge >= 0.3 is 0 Å². The molecule has 1 rings (SSSR count). The first-order chi connectivity index (χ1) is 9.84. The fraction of sp³-hybridized carbons (Fsp3) is 0.533. The number of hydrogen-bond donors (Lipinski definition) is 2. The van der Waals surface area contributed by atoms with Gasteiger partial charge in [0.05, 0.1) is 12.3 Å². The number of hydrogen-bond acceptors (Lipinski definition) is 4. The lowest BCUT2D eigenvalue weighted by atomic mass is 10.1. The van der Waals surface area contributed by atoms with Crippen LogP contribution in [-0.2, 0) is 10.0 Å². The monoisotopic (exact) mass is 312 g/mol. The molecule has 6 heteroatoms. The van der Waals surface area contributed by atoms with Crippen LogP contribution in [0.5, 0.6) is 0 Å². The number of sulfonamides is 1. The van der Waals surface area contributed by atoms with Crippen LogP contribution in [0.3, 0.4) is 0 Å². The maximum absolute atomic E-state index is 11.9. The molecule has 0 bridgehead atoms. The lowest BCUT2D eigenvalue weighted by Gasteiger charge is -2.09. The first-order valence-electron chi connectivity index (χ1n) is 7.21. The van der Waals surface area contributed by atoms with Gasteiger partial charge < -0.3 is 5.32 Å². The molecule has 0 aliphatic heterocycles. The Labute approximate surface area is 127 Å². The van der Waals surface area contributed by atoms with Crippen LogP contribution < -0.4 is 10.0 Å². The summed E-state index contributed by atoms with van der Waals surface area (Å²) in [5.41, 5.74) is 1.05. The fourth-order valence-electron chi connectivity index (χ4n) is 1.69. The molecule has 0 heterocycles. The van der Waals surface area contributed by atoms with Gasteiger partial charge in [-0.1, -0.05) is 27.2 Å². The highest BCUT2D eigenvalue weighted by Gasteiger charge is 2.10. The van der Waals surface area contributed by atoms with Crippen molar-refractivity contribution in [2.24, 2.45) is 0 Å². The van der Waals surface area contributed by atoms with Crippen molar-refractivity contribution in [3.8, 4) is 0 Å².